The van der Waals surface area contributed by atoms with Gasteiger partial charge in [0.2, 0.25) is 0 Å². The van der Waals surface area contributed by atoms with Crippen LogP contribution in [0.1, 0.15) is 11.1 Å². The number of hydrogen-bond donors (Lipinski definition) is 2. The number of carbonyl (C=O) groups is 1. The lowest BCUT2D eigenvalue weighted by Gasteiger charge is -2.14. The van der Waals surface area contributed by atoms with Gasteiger partial charge in [-0.3, -0.25) is 14.8 Å². The largest absolute Gasteiger partial charge is 0.480 e. The van der Waals surface area contributed by atoms with Crippen LogP contribution in [0.4, 0.5) is 0 Å². The molecule has 0 aliphatic rings. The zero-order valence-corrected chi connectivity index (χ0v) is 13.0. The van der Waals surface area contributed by atoms with Crippen molar-refractivity contribution < 1.29 is 9.90 Å². The van der Waals surface area contributed by atoms with E-state index < -0.39 is 12.0 Å². The van der Waals surface area contributed by atoms with E-state index in [0.717, 1.165) is 11.1 Å². The van der Waals surface area contributed by atoms with Gasteiger partial charge in [0.05, 0.1) is 6.20 Å². The third-order valence-corrected chi connectivity index (χ3v) is 4.60. The van der Waals surface area contributed by atoms with Crippen LogP contribution >= 0.6 is 11.3 Å². The third kappa shape index (κ3) is 3.18. The molecule has 0 saturated heterocycles. The lowest BCUT2D eigenvalue weighted by molar-refractivity contribution is -0.139. The van der Waals surface area contributed by atoms with E-state index in [9.17, 15) is 9.90 Å². The maximum atomic E-state index is 11.5. The zero-order chi connectivity index (χ0) is 15.5. The fourth-order valence-corrected chi connectivity index (χ4v) is 3.40. The molecule has 6 heteroatoms. The first-order valence-corrected chi connectivity index (χ1v) is 7.90. The summed E-state index contributed by atoms with van der Waals surface area (Å²) >= 11 is 1.68. The van der Waals surface area contributed by atoms with Crippen LogP contribution in [0.5, 0.6) is 0 Å². The van der Waals surface area contributed by atoms with Gasteiger partial charge in [0.15, 0.2) is 0 Å². The van der Waals surface area contributed by atoms with E-state index in [1.165, 1.54) is 10.1 Å². The highest BCUT2D eigenvalue weighted by atomic mass is 32.1. The number of aliphatic carboxylic acids is 1. The number of nitrogens with one attached hydrogen (secondary N) is 1. The molecule has 3 aromatic rings. The lowest BCUT2D eigenvalue weighted by atomic mass is 10.1. The van der Waals surface area contributed by atoms with Gasteiger partial charge in [-0.15, -0.1) is 11.3 Å². The predicted molar refractivity (Wildman–Crippen MR) is 87.0 cm³/mol. The number of fused-ring (bicyclic) bond motifs is 1. The van der Waals surface area contributed by atoms with Crippen LogP contribution in [0.3, 0.4) is 0 Å². The second-order valence-electron chi connectivity index (χ2n) is 5.25. The van der Waals surface area contributed by atoms with Gasteiger partial charge in [0.25, 0.3) is 0 Å². The average molecular weight is 315 g/mol. The Balaban J connectivity index is 1.71. The Morgan fingerprint density at radius 3 is 3.05 bits per heavy atom. The van der Waals surface area contributed by atoms with E-state index in [0.29, 0.717) is 13.0 Å². The summed E-state index contributed by atoms with van der Waals surface area (Å²) in [5, 5.41) is 19.9. The maximum Gasteiger partial charge on any atom is 0.321 e. The number of aromatic nitrogens is 2. The molecule has 0 aliphatic heterocycles. The molecule has 1 unspecified atom stereocenters. The van der Waals surface area contributed by atoms with Crippen LogP contribution in [-0.4, -0.2) is 26.9 Å². The molecule has 3 rings (SSSR count). The summed E-state index contributed by atoms with van der Waals surface area (Å²) in [7, 11) is 1.82. The lowest BCUT2D eigenvalue weighted by Crippen LogP contribution is -2.38. The SMILES string of the molecule is Cn1cc(CC(NCc2cccc3ccsc23)C(=O)O)cn1. The van der Waals surface area contributed by atoms with Gasteiger partial charge in [-0.1, -0.05) is 18.2 Å². The Morgan fingerprint density at radius 2 is 2.32 bits per heavy atom. The highest BCUT2D eigenvalue weighted by Gasteiger charge is 2.18. The molecule has 0 saturated carbocycles. The van der Waals surface area contributed by atoms with E-state index in [2.05, 4.69) is 27.9 Å². The van der Waals surface area contributed by atoms with Gasteiger partial charge < -0.3 is 5.11 Å². The first-order chi connectivity index (χ1) is 10.6. The predicted octanol–water partition coefficient (Wildman–Crippen LogP) is 2.42. The van der Waals surface area contributed by atoms with Gasteiger partial charge in [-0.2, -0.15) is 5.10 Å². The average Bonchev–Trinajstić information content (AvgIpc) is 3.11. The molecule has 0 spiro atoms. The minimum atomic E-state index is -0.845. The Hall–Kier alpha value is -2.18. The molecule has 2 N–H and O–H groups in total. The van der Waals surface area contributed by atoms with Gasteiger partial charge in [0, 0.05) is 30.9 Å². The van der Waals surface area contributed by atoms with Crippen molar-refractivity contribution in [2.75, 3.05) is 0 Å². The van der Waals surface area contributed by atoms with Crippen LogP contribution in [-0.2, 0) is 24.8 Å². The minimum Gasteiger partial charge on any atom is -0.480 e. The first-order valence-electron chi connectivity index (χ1n) is 7.02. The molecule has 0 aliphatic carbocycles. The quantitative estimate of drug-likeness (QED) is 0.733. The Bertz CT molecular complexity index is 793. The van der Waals surface area contributed by atoms with Crippen molar-refractivity contribution in [2.24, 2.45) is 7.05 Å². The van der Waals surface area contributed by atoms with Gasteiger partial charge in [-0.05, 0) is 28.0 Å². The number of aryl methyl sites for hydroxylation is 1. The van der Waals surface area contributed by atoms with Crippen molar-refractivity contribution in [2.45, 2.75) is 19.0 Å². The van der Waals surface area contributed by atoms with Crippen LogP contribution in [0, 0.1) is 0 Å². The highest BCUT2D eigenvalue weighted by molar-refractivity contribution is 7.17. The van der Waals surface area contributed by atoms with E-state index in [-0.39, 0.29) is 0 Å². The van der Waals surface area contributed by atoms with Crippen molar-refractivity contribution in [3.63, 3.8) is 0 Å². The zero-order valence-electron chi connectivity index (χ0n) is 12.2. The standard InChI is InChI=1S/C16H17N3O2S/c1-19-10-11(8-18-19)7-14(16(20)21)17-9-13-4-2-3-12-5-6-22-15(12)13/h2-6,8,10,14,17H,7,9H2,1H3,(H,20,21). The topological polar surface area (TPSA) is 67.2 Å². The van der Waals surface area contributed by atoms with Gasteiger partial charge in [0.1, 0.15) is 6.04 Å². The van der Waals surface area contributed by atoms with Crippen LogP contribution in [0.15, 0.2) is 42.0 Å². The molecule has 114 valence electrons. The fraction of sp³-hybridized carbons (Fsp3) is 0.250. The number of thiophene rings is 1. The molecule has 0 amide bonds. The van der Waals surface area contributed by atoms with Crippen LogP contribution in [0.25, 0.3) is 10.1 Å². The number of hydrogen-bond acceptors (Lipinski definition) is 4. The highest BCUT2D eigenvalue weighted by Crippen LogP contribution is 2.24. The molecule has 0 fully saturated rings. The number of carboxylic acids is 1. The third-order valence-electron chi connectivity index (χ3n) is 3.60. The molecule has 5 nitrogen and oxygen atoms in total. The van der Waals surface area contributed by atoms with Crippen LogP contribution in [0.2, 0.25) is 0 Å². The maximum absolute atomic E-state index is 11.5. The molecule has 2 aromatic heterocycles. The van der Waals surface area contributed by atoms with Crippen molar-refractivity contribution in [1.29, 1.82) is 0 Å². The van der Waals surface area contributed by atoms with Crippen molar-refractivity contribution >= 4 is 27.4 Å². The molecule has 0 radical (unpaired) electrons. The smallest absolute Gasteiger partial charge is 0.321 e. The summed E-state index contributed by atoms with van der Waals surface area (Å²) in [5.74, 6) is -0.845. The molecule has 1 atom stereocenters. The Kier molecular flexibility index (Phi) is 4.22. The summed E-state index contributed by atoms with van der Waals surface area (Å²) in [5.41, 5.74) is 2.04. The molecule has 2 heterocycles. The van der Waals surface area contributed by atoms with E-state index in [1.807, 2.05) is 25.4 Å². The van der Waals surface area contributed by atoms with Gasteiger partial charge in [-0.25, -0.2) is 0 Å². The number of nitrogens with zero attached hydrogens (tertiary/aromatic N) is 2. The first kappa shape index (κ1) is 14.7. The van der Waals surface area contributed by atoms with Crippen molar-refractivity contribution in [3.8, 4) is 0 Å². The molecular weight excluding hydrogens is 298 g/mol. The molecular formula is C16H17N3O2S. The minimum absolute atomic E-state index is 0.420. The van der Waals surface area contributed by atoms with E-state index in [4.69, 9.17) is 0 Å². The van der Waals surface area contributed by atoms with Gasteiger partial charge >= 0.3 is 5.97 Å². The Labute approximate surface area is 132 Å². The normalized spacial score (nSPS) is 12.6. The summed E-state index contributed by atoms with van der Waals surface area (Å²) in [6, 6.07) is 7.56. The fourth-order valence-electron chi connectivity index (χ4n) is 2.49. The Morgan fingerprint density at radius 1 is 1.45 bits per heavy atom. The second-order valence-corrected chi connectivity index (χ2v) is 6.17. The number of benzene rings is 1. The van der Waals surface area contributed by atoms with E-state index >= 15 is 0 Å². The summed E-state index contributed by atoms with van der Waals surface area (Å²) in [4.78, 5) is 11.5. The number of rotatable bonds is 6. The summed E-state index contributed by atoms with van der Waals surface area (Å²) < 4.78 is 2.89. The number of carboxylic acid groups (broad SMARTS) is 1. The monoisotopic (exact) mass is 315 g/mol. The van der Waals surface area contributed by atoms with Crippen molar-refractivity contribution in [1.82, 2.24) is 15.1 Å². The second kappa shape index (κ2) is 6.29. The molecule has 0 bridgehead atoms. The van der Waals surface area contributed by atoms with Crippen molar-refractivity contribution in [3.05, 3.63) is 53.2 Å². The molecule has 22 heavy (non-hydrogen) atoms. The van der Waals surface area contributed by atoms with E-state index in [1.54, 1.807) is 22.2 Å². The summed E-state index contributed by atoms with van der Waals surface area (Å²) in [6.45, 7) is 0.537. The summed E-state index contributed by atoms with van der Waals surface area (Å²) in [6.07, 6.45) is 3.97. The molecule has 1 aromatic carbocycles. The van der Waals surface area contributed by atoms with Crippen LogP contribution < -0.4 is 5.32 Å².